The molecule has 3 rings (SSSR count). The summed E-state index contributed by atoms with van der Waals surface area (Å²) in [4.78, 5) is 12.6. The predicted molar refractivity (Wildman–Crippen MR) is 128 cm³/mol. The van der Waals surface area contributed by atoms with Crippen molar-refractivity contribution in [2.24, 2.45) is 0 Å². The fourth-order valence-corrected chi connectivity index (χ4v) is 3.85. The van der Waals surface area contributed by atoms with E-state index in [2.05, 4.69) is 21.2 Å². The SMILES string of the molecule is CCOc1cc(/C=C(\C#N)C(=O)Nc2ccccc2Cl)cc(Br)c1Cc1ccccc1F. The van der Waals surface area contributed by atoms with Crippen LogP contribution >= 0.6 is 27.5 Å². The normalized spacial score (nSPS) is 11.0. The molecule has 0 spiro atoms. The molecule has 0 radical (unpaired) electrons. The quantitative estimate of drug-likeness (QED) is 0.280. The minimum atomic E-state index is -0.579. The molecule has 162 valence electrons. The van der Waals surface area contributed by atoms with Gasteiger partial charge in [-0.25, -0.2) is 4.39 Å². The summed E-state index contributed by atoms with van der Waals surface area (Å²) in [6, 6.07) is 18.7. The topological polar surface area (TPSA) is 62.1 Å². The van der Waals surface area contributed by atoms with Gasteiger partial charge in [0.15, 0.2) is 0 Å². The smallest absolute Gasteiger partial charge is 0.266 e. The Bertz CT molecular complexity index is 1220. The minimum Gasteiger partial charge on any atom is -0.494 e. The van der Waals surface area contributed by atoms with Crippen molar-refractivity contribution in [3.05, 3.63) is 98.2 Å². The molecule has 0 saturated carbocycles. The van der Waals surface area contributed by atoms with Gasteiger partial charge in [-0.1, -0.05) is 57.9 Å². The molecule has 0 fully saturated rings. The van der Waals surface area contributed by atoms with Crippen LogP contribution in [0.2, 0.25) is 5.02 Å². The molecule has 0 aliphatic heterocycles. The lowest BCUT2D eigenvalue weighted by Gasteiger charge is -2.14. The number of carbonyl (C=O) groups excluding carboxylic acids is 1. The average Bonchev–Trinajstić information content (AvgIpc) is 2.77. The van der Waals surface area contributed by atoms with E-state index in [0.29, 0.717) is 45.1 Å². The number of hydrogen-bond donors (Lipinski definition) is 1. The minimum absolute atomic E-state index is 0.0962. The van der Waals surface area contributed by atoms with E-state index in [1.165, 1.54) is 12.1 Å². The highest BCUT2D eigenvalue weighted by molar-refractivity contribution is 9.10. The van der Waals surface area contributed by atoms with Gasteiger partial charge in [-0.05, 0) is 54.5 Å². The molecular weight excluding hydrogens is 495 g/mol. The van der Waals surface area contributed by atoms with Crippen LogP contribution in [-0.2, 0) is 11.2 Å². The van der Waals surface area contributed by atoms with Crippen LogP contribution < -0.4 is 10.1 Å². The van der Waals surface area contributed by atoms with Crippen LogP contribution in [0.5, 0.6) is 5.75 Å². The van der Waals surface area contributed by atoms with Gasteiger partial charge in [-0.2, -0.15) is 5.26 Å². The fraction of sp³-hybridized carbons (Fsp3) is 0.120. The van der Waals surface area contributed by atoms with Gasteiger partial charge in [-0.15, -0.1) is 0 Å². The van der Waals surface area contributed by atoms with E-state index < -0.39 is 5.91 Å². The van der Waals surface area contributed by atoms with Crippen molar-refractivity contribution in [2.75, 3.05) is 11.9 Å². The Morgan fingerprint density at radius 2 is 1.94 bits per heavy atom. The molecule has 1 N–H and O–H groups in total. The summed E-state index contributed by atoms with van der Waals surface area (Å²) in [6.07, 6.45) is 1.79. The third-order valence-corrected chi connectivity index (χ3v) is 5.64. The van der Waals surface area contributed by atoms with E-state index in [0.717, 1.165) is 5.56 Å². The summed E-state index contributed by atoms with van der Waals surface area (Å²) in [6.45, 7) is 2.25. The third kappa shape index (κ3) is 5.76. The molecule has 3 aromatic carbocycles. The van der Waals surface area contributed by atoms with Crippen molar-refractivity contribution in [1.29, 1.82) is 5.26 Å². The number of benzene rings is 3. The van der Waals surface area contributed by atoms with Crippen molar-refractivity contribution in [2.45, 2.75) is 13.3 Å². The molecule has 7 heteroatoms. The first kappa shape index (κ1) is 23.5. The van der Waals surface area contributed by atoms with E-state index in [-0.39, 0.29) is 11.4 Å². The molecule has 0 unspecified atom stereocenters. The standard InChI is InChI=1S/C25H19BrClFN2O2/c1-2-32-24-13-16(12-20(26)19(24)14-17-7-3-5-9-22(17)28)11-18(15-29)25(31)30-23-10-6-4-8-21(23)27/h3-13H,2,14H2,1H3,(H,30,31)/b18-11+. The number of para-hydroxylation sites is 1. The van der Waals surface area contributed by atoms with Crippen molar-refractivity contribution >= 4 is 45.2 Å². The number of amides is 1. The number of nitrogens with one attached hydrogen (secondary N) is 1. The molecule has 0 bridgehead atoms. The van der Waals surface area contributed by atoms with Crippen LogP contribution in [-0.4, -0.2) is 12.5 Å². The van der Waals surface area contributed by atoms with E-state index in [1.807, 2.05) is 13.0 Å². The van der Waals surface area contributed by atoms with Crippen LogP contribution in [0.15, 0.2) is 70.7 Å². The van der Waals surface area contributed by atoms with Gasteiger partial charge in [-0.3, -0.25) is 4.79 Å². The second kappa shape index (κ2) is 10.9. The zero-order valence-corrected chi connectivity index (χ0v) is 19.5. The van der Waals surface area contributed by atoms with Gasteiger partial charge in [0.1, 0.15) is 23.2 Å². The first-order valence-corrected chi connectivity index (χ1v) is 11.0. The zero-order chi connectivity index (χ0) is 23.1. The molecule has 0 atom stereocenters. The molecule has 3 aromatic rings. The van der Waals surface area contributed by atoms with Gasteiger partial charge in [0.2, 0.25) is 0 Å². The van der Waals surface area contributed by atoms with Crippen LogP contribution in [0.3, 0.4) is 0 Å². The zero-order valence-electron chi connectivity index (χ0n) is 17.2. The number of halogens is 3. The molecule has 0 aliphatic rings. The first-order chi connectivity index (χ1) is 15.4. The lowest BCUT2D eigenvalue weighted by molar-refractivity contribution is -0.112. The summed E-state index contributed by atoms with van der Waals surface area (Å²) in [5.41, 5.74) is 2.21. The van der Waals surface area contributed by atoms with Gasteiger partial charge in [0.05, 0.1) is 17.3 Å². The maximum absolute atomic E-state index is 14.2. The maximum Gasteiger partial charge on any atom is 0.266 e. The summed E-state index contributed by atoms with van der Waals surface area (Å²) in [5.74, 6) is -0.334. The monoisotopic (exact) mass is 512 g/mol. The number of carbonyl (C=O) groups is 1. The Hall–Kier alpha value is -3.14. The third-order valence-electron chi connectivity index (χ3n) is 4.60. The first-order valence-electron chi connectivity index (χ1n) is 9.79. The number of ether oxygens (including phenoxy) is 1. The summed E-state index contributed by atoms with van der Waals surface area (Å²) < 4.78 is 20.6. The van der Waals surface area contributed by atoms with Crippen LogP contribution in [0.25, 0.3) is 6.08 Å². The lowest BCUT2D eigenvalue weighted by Crippen LogP contribution is -2.13. The fourth-order valence-electron chi connectivity index (χ4n) is 3.07. The van der Waals surface area contributed by atoms with Crippen LogP contribution in [0.1, 0.15) is 23.6 Å². The summed E-state index contributed by atoms with van der Waals surface area (Å²) >= 11 is 9.61. The van der Waals surface area contributed by atoms with E-state index in [9.17, 15) is 14.4 Å². The molecule has 0 aliphatic carbocycles. The van der Waals surface area contributed by atoms with Crippen LogP contribution in [0.4, 0.5) is 10.1 Å². The Kier molecular flexibility index (Phi) is 8.04. The molecule has 32 heavy (non-hydrogen) atoms. The molecule has 1 amide bonds. The van der Waals surface area contributed by atoms with E-state index >= 15 is 0 Å². The number of nitrogens with zero attached hydrogens (tertiary/aromatic N) is 1. The van der Waals surface area contributed by atoms with E-state index in [4.69, 9.17) is 16.3 Å². The summed E-state index contributed by atoms with van der Waals surface area (Å²) in [7, 11) is 0. The average molecular weight is 514 g/mol. The van der Waals surface area contributed by atoms with Crippen molar-refractivity contribution in [3.63, 3.8) is 0 Å². The maximum atomic E-state index is 14.2. The Morgan fingerprint density at radius 3 is 2.62 bits per heavy atom. The van der Waals surface area contributed by atoms with Crippen molar-refractivity contribution in [3.8, 4) is 11.8 Å². The Balaban J connectivity index is 1.93. The highest BCUT2D eigenvalue weighted by Crippen LogP contribution is 2.33. The van der Waals surface area contributed by atoms with Crippen molar-refractivity contribution in [1.82, 2.24) is 0 Å². The van der Waals surface area contributed by atoms with Crippen LogP contribution in [0, 0.1) is 17.1 Å². The number of hydrogen-bond acceptors (Lipinski definition) is 3. The van der Waals surface area contributed by atoms with Crippen molar-refractivity contribution < 1.29 is 13.9 Å². The van der Waals surface area contributed by atoms with E-state index in [1.54, 1.807) is 54.6 Å². The molecule has 0 aromatic heterocycles. The van der Waals surface area contributed by atoms with Gasteiger partial charge >= 0.3 is 0 Å². The van der Waals surface area contributed by atoms with Gasteiger partial charge < -0.3 is 10.1 Å². The lowest BCUT2D eigenvalue weighted by atomic mass is 10.0. The second-order valence-corrected chi connectivity index (χ2v) is 8.05. The highest BCUT2D eigenvalue weighted by Gasteiger charge is 2.15. The largest absolute Gasteiger partial charge is 0.494 e. The number of anilines is 1. The molecule has 0 heterocycles. The number of rotatable bonds is 7. The highest BCUT2D eigenvalue weighted by atomic mass is 79.9. The summed E-state index contributed by atoms with van der Waals surface area (Å²) in [5, 5.41) is 12.5. The second-order valence-electron chi connectivity index (χ2n) is 6.78. The predicted octanol–water partition coefficient (Wildman–Crippen LogP) is 6.78. The van der Waals surface area contributed by atoms with Gasteiger partial charge in [0.25, 0.3) is 5.91 Å². The number of nitriles is 1. The Morgan fingerprint density at radius 1 is 1.22 bits per heavy atom. The Labute approximate surface area is 199 Å². The molecule has 0 saturated heterocycles. The molecule has 4 nitrogen and oxygen atoms in total. The van der Waals surface area contributed by atoms with Gasteiger partial charge in [0, 0.05) is 16.5 Å². The molecular formula is C25H19BrClFN2O2.